The first kappa shape index (κ1) is 12.6. The molecule has 15 heavy (non-hydrogen) atoms. The molecule has 0 bridgehead atoms. The summed E-state index contributed by atoms with van der Waals surface area (Å²) in [5.41, 5.74) is 1.37. The van der Waals surface area contributed by atoms with E-state index >= 15 is 0 Å². The quantitative estimate of drug-likeness (QED) is 0.613. The Morgan fingerprint density at radius 1 is 1.40 bits per heavy atom. The summed E-state index contributed by atoms with van der Waals surface area (Å²) < 4.78 is 0. The Hall–Kier alpha value is -0.420. The Bertz CT molecular complexity index is 273. The molecule has 4 heteroatoms. The summed E-state index contributed by atoms with van der Waals surface area (Å²) in [4.78, 5) is 1.41. The second-order valence-corrected chi connectivity index (χ2v) is 4.76. The zero-order valence-corrected chi connectivity index (χ0v) is 10.2. The van der Waals surface area contributed by atoms with Gasteiger partial charge in [0.15, 0.2) is 0 Å². The van der Waals surface area contributed by atoms with E-state index in [0.717, 1.165) is 19.6 Å². The summed E-state index contributed by atoms with van der Waals surface area (Å²) in [6, 6.07) is 2.15. The smallest absolute Gasteiger partial charge is 0.0636 e. The molecule has 0 aliphatic heterocycles. The average molecular weight is 228 g/mol. The average Bonchev–Trinajstić information content (AvgIpc) is 2.57. The van der Waals surface area contributed by atoms with E-state index < -0.39 is 0 Å². The first-order valence-corrected chi connectivity index (χ1v) is 6.20. The van der Waals surface area contributed by atoms with Crippen LogP contribution in [-0.2, 0) is 6.54 Å². The molecule has 1 aromatic rings. The van der Waals surface area contributed by atoms with E-state index in [2.05, 4.69) is 29.0 Å². The molecule has 1 heterocycles. The molecule has 0 spiro atoms. The first-order valence-electron chi connectivity index (χ1n) is 5.32. The third-order valence-corrected chi connectivity index (χ3v) is 3.20. The van der Waals surface area contributed by atoms with Crippen LogP contribution in [0.25, 0.3) is 0 Å². The van der Waals surface area contributed by atoms with Crippen LogP contribution in [0.15, 0.2) is 11.4 Å². The van der Waals surface area contributed by atoms with Crippen LogP contribution in [0.3, 0.4) is 0 Å². The van der Waals surface area contributed by atoms with Crippen molar-refractivity contribution in [1.29, 1.82) is 0 Å². The van der Waals surface area contributed by atoms with Crippen LogP contribution in [0.1, 0.15) is 17.4 Å². The van der Waals surface area contributed by atoms with Crippen molar-refractivity contribution in [3.05, 3.63) is 21.9 Å². The Morgan fingerprint density at radius 3 is 2.73 bits per heavy atom. The van der Waals surface area contributed by atoms with Crippen molar-refractivity contribution >= 4 is 11.3 Å². The van der Waals surface area contributed by atoms with Crippen molar-refractivity contribution in [1.82, 2.24) is 10.6 Å². The second-order valence-electron chi connectivity index (χ2n) is 3.76. The van der Waals surface area contributed by atoms with E-state index in [1.807, 2.05) is 0 Å². The standard InChI is InChI=1S/C11H20N2OS/c1-9-3-6-15-11(9)8-13-5-4-12-7-10(2)14/h3,6,10,12-14H,4-5,7-8H2,1-2H3/t10-/m0/s1. The zero-order valence-electron chi connectivity index (χ0n) is 9.42. The zero-order chi connectivity index (χ0) is 11.1. The molecule has 0 unspecified atom stereocenters. The summed E-state index contributed by atoms with van der Waals surface area (Å²) in [6.07, 6.45) is -0.260. The molecule has 1 aromatic heterocycles. The van der Waals surface area contributed by atoms with E-state index in [-0.39, 0.29) is 6.10 Å². The number of hydrogen-bond donors (Lipinski definition) is 3. The van der Waals surface area contributed by atoms with E-state index in [0.29, 0.717) is 6.54 Å². The predicted octanol–water partition coefficient (Wildman–Crippen LogP) is 1.12. The van der Waals surface area contributed by atoms with Gasteiger partial charge in [-0.15, -0.1) is 11.3 Å². The molecule has 0 fully saturated rings. The van der Waals surface area contributed by atoms with Crippen LogP contribution in [0.5, 0.6) is 0 Å². The highest BCUT2D eigenvalue weighted by Gasteiger charge is 1.98. The number of nitrogens with one attached hydrogen (secondary N) is 2. The van der Waals surface area contributed by atoms with Crippen LogP contribution < -0.4 is 10.6 Å². The van der Waals surface area contributed by atoms with Crippen LogP contribution in [0.4, 0.5) is 0 Å². The lowest BCUT2D eigenvalue weighted by Crippen LogP contribution is -2.31. The monoisotopic (exact) mass is 228 g/mol. The normalized spacial score (nSPS) is 13.0. The number of aliphatic hydroxyl groups is 1. The molecule has 1 rings (SSSR count). The Balaban J connectivity index is 2.00. The fourth-order valence-electron chi connectivity index (χ4n) is 1.27. The summed E-state index contributed by atoms with van der Waals surface area (Å²) in [5.74, 6) is 0. The van der Waals surface area contributed by atoms with Gasteiger partial charge in [-0.2, -0.15) is 0 Å². The highest BCUT2D eigenvalue weighted by molar-refractivity contribution is 7.10. The van der Waals surface area contributed by atoms with Crippen molar-refractivity contribution in [3.63, 3.8) is 0 Å². The minimum absolute atomic E-state index is 0.260. The summed E-state index contributed by atoms with van der Waals surface area (Å²) in [5, 5.41) is 17.7. The highest BCUT2D eigenvalue weighted by atomic mass is 32.1. The number of aryl methyl sites for hydroxylation is 1. The van der Waals surface area contributed by atoms with Crippen LogP contribution in [0, 0.1) is 6.92 Å². The van der Waals surface area contributed by atoms with E-state index in [1.54, 1.807) is 18.3 Å². The fourth-order valence-corrected chi connectivity index (χ4v) is 2.15. The van der Waals surface area contributed by atoms with Crippen molar-refractivity contribution in [3.8, 4) is 0 Å². The second kappa shape index (κ2) is 6.95. The van der Waals surface area contributed by atoms with Crippen molar-refractivity contribution < 1.29 is 5.11 Å². The number of thiophene rings is 1. The van der Waals surface area contributed by atoms with Gasteiger partial charge in [-0.05, 0) is 30.9 Å². The molecule has 0 aliphatic rings. The van der Waals surface area contributed by atoms with E-state index in [4.69, 9.17) is 5.11 Å². The largest absolute Gasteiger partial charge is 0.392 e. The molecular formula is C11H20N2OS. The maximum atomic E-state index is 9.01. The molecule has 0 saturated heterocycles. The van der Waals surface area contributed by atoms with Crippen LogP contribution in [0.2, 0.25) is 0 Å². The van der Waals surface area contributed by atoms with Crippen molar-refractivity contribution in [2.45, 2.75) is 26.5 Å². The lowest BCUT2D eigenvalue weighted by Gasteiger charge is -2.07. The molecule has 1 atom stereocenters. The maximum Gasteiger partial charge on any atom is 0.0636 e. The minimum atomic E-state index is -0.260. The molecule has 0 aliphatic carbocycles. The summed E-state index contributed by atoms with van der Waals surface area (Å²) in [6.45, 7) is 7.37. The van der Waals surface area contributed by atoms with Gasteiger partial charge in [0.2, 0.25) is 0 Å². The SMILES string of the molecule is Cc1ccsc1CNCCNC[C@H](C)O. The lowest BCUT2D eigenvalue weighted by atomic mass is 10.3. The van der Waals surface area contributed by atoms with Gasteiger partial charge in [-0.3, -0.25) is 0 Å². The predicted molar refractivity (Wildman–Crippen MR) is 65.3 cm³/mol. The molecular weight excluding hydrogens is 208 g/mol. The van der Waals surface area contributed by atoms with Gasteiger partial charge in [0, 0.05) is 31.1 Å². The van der Waals surface area contributed by atoms with E-state index in [9.17, 15) is 0 Å². The summed E-state index contributed by atoms with van der Waals surface area (Å²) in [7, 11) is 0. The van der Waals surface area contributed by atoms with Gasteiger partial charge in [0.1, 0.15) is 0 Å². The molecule has 3 N–H and O–H groups in total. The van der Waals surface area contributed by atoms with Crippen molar-refractivity contribution in [2.75, 3.05) is 19.6 Å². The Kier molecular flexibility index (Phi) is 5.86. The third kappa shape index (κ3) is 5.28. The van der Waals surface area contributed by atoms with Crippen LogP contribution >= 0.6 is 11.3 Å². The van der Waals surface area contributed by atoms with Gasteiger partial charge in [0.25, 0.3) is 0 Å². The first-order chi connectivity index (χ1) is 7.20. The number of aliphatic hydroxyl groups excluding tert-OH is 1. The van der Waals surface area contributed by atoms with E-state index in [1.165, 1.54) is 10.4 Å². The van der Waals surface area contributed by atoms with Crippen LogP contribution in [-0.4, -0.2) is 30.8 Å². The Morgan fingerprint density at radius 2 is 2.13 bits per heavy atom. The third-order valence-electron chi connectivity index (χ3n) is 2.17. The number of hydrogen-bond acceptors (Lipinski definition) is 4. The molecule has 0 amide bonds. The fraction of sp³-hybridized carbons (Fsp3) is 0.636. The topological polar surface area (TPSA) is 44.3 Å². The van der Waals surface area contributed by atoms with Gasteiger partial charge in [0.05, 0.1) is 6.10 Å². The summed E-state index contributed by atoms with van der Waals surface area (Å²) >= 11 is 1.80. The maximum absolute atomic E-state index is 9.01. The number of rotatable bonds is 7. The highest BCUT2D eigenvalue weighted by Crippen LogP contribution is 2.14. The minimum Gasteiger partial charge on any atom is -0.392 e. The molecule has 0 radical (unpaired) electrons. The van der Waals surface area contributed by atoms with Gasteiger partial charge < -0.3 is 15.7 Å². The Labute approximate surface area is 95.5 Å². The van der Waals surface area contributed by atoms with Gasteiger partial charge in [-0.25, -0.2) is 0 Å². The van der Waals surface area contributed by atoms with Gasteiger partial charge in [-0.1, -0.05) is 0 Å². The molecule has 0 saturated carbocycles. The lowest BCUT2D eigenvalue weighted by molar-refractivity contribution is 0.191. The van der Waals surface area contributed by atoms with Crippen molar-refractivity contribution in [2.24, 2.45) is 0 Å². The van der Waals surface area contributed by atoms with Gasteiger partial charge >= 0.3 is 0 Å². The molecule has 86 valence electrons. The molecule has 3 nitrogen and oxygen atoms in total. The molecule has 0 aromatic carbocycles.